The summed E-state index contributed by atoms with van der Waals surface area (Å²) in [5.74, 6) is 0. The van der Waals surface area contributed by atoms with Gasteiger partial charge in [0.1, 0.15) is 0 Å². The maximum absolute atomic E-state index is 2.48. The zero-order valence-electron chi connectivity index (χ0n) is 22.5. The molecular formula is C32H40FeNiP2+2. The maximum atomic E-state index is 2.48. The van der Waals surface area contributed by atoms with Crippen molar-refractivity contribution in [3.63, 3.8) is 0 Å². The Kier molecular flexibility index (Phi) is 13.6. The van der Waals surface area contributed by atoms with Crippen LogP contribution >= 0.6 is 15.8 Å². The topological polar surface area (TPSA) is 0 Å². The van der Waals surface area contributed by atoms with Crippen LogP contribution in [0.2, 0.25) is 0 Å². The summed E-state index contributed by atoms with van der Waals surface area (Å²) in [5.41, 5.74) is 2.12. The molecule has 1 atom stereocenters. The average Bonchev–Trinajstić information content (AvgIpc) is 3.49. The number of hydrogen-bond acceptors (Lipinski definition) is 0. The third-order valence-electron chi connectivity index (χ3n) is 5.93. The second-order valence-electron chi connectivity index (χ2n) is 10.7. The van der Waals surface area contributed by atoms with Gasteiger partial charge in [0.25, 0.3) is 0 Å². The SMILES string of the molecule is C[C@H]([c-]1cccc1P(c1ccccc1)c1ccccc1)P(C(C)(C)C)C(C)(C)C.[Fe+2].[Ni+2].c1cc[cH-]c1. The molecule has 0 fully saturated rings. The first-order chi connectivity index (χ1) is 16.1. The molecule has 0 aliphatic rings. The second kappa shape index (κ2) is 14.8. The van der Waals surface area contributed by atoms with E-state index in [1.165, 1.54) is 15.9 Å². The first-order valence-corrected chi connectivity index (χ1v) is 15.0. The summed E-state index contributed by atoms with van der Waals surface area (Å²) in [6.45, 7) is 17.1. The van der Waals surface area contributed by atoms with Gasteiger partial charge in [-0.2, -0.15) is 24.3 Å². The Bertz CT molecular complexity index is 1020. The monoisotopic (exact) mass is 600 g/mol. The minimum atomic E-state index is -0.548. The van der Waals surface area contributed by atoms with Crippen molar-refractivity contribution in [3.8, 4) is 0 Å². The van der Waals surface area contributed by atoms with E-state index in [0.29, 0.717) is 16.0 Å². The van der Waals surface area contributed by atoms with Gasteiger partial charge in [-0.3, -0.25) is 0 Å². The summed E-state index contributed by atoms with van der Waals surface area (Å²) in [7, 11) is -0.771. The fraction of sp³-hybridized carbons (Fsp3) is 0.312. The van der Waals surface area contributed by atoms with Gasteiger partial charge in [-0.05, 0) is 34.5 Å². The van der Waals surface area contributed by atoms with Gasteiger partial charge >= 0.3 is 33.6 Å². The van der Waals surface area contributed by atoms with Gasteiger partial charge in [-0.15, -0.1) is 18.8 Å². The summed E-state index contributed by atoms with van der Waals surface area (Å²) in [5, 5.41) is 5.02. The van der Waals surface area contributed by atoms with Crippen LogP contribution in [0, 0.1) is 0 Å². The van der Waals surface area contributed by atoms with Crippen molar-refractivity contribution in [2.45, 2.75) is 64.4 Å². The molecule has 4 aromatic rings. The molecule has 0 aliphatic carbocycles. The van der Waals surface area contributed by atoms with Gasteiger partial charge < -0.3 is 0 Å². The first-order valence-electron chi connectivity index (χ1n) is 12.2. The van der Waals surface area contributed by atoms with Gasteiger partial charge in [-0.1, -0.05) is 109 Å². The zero-order valence-corrected chi connectivity index (χ0v) is 26.4. The van der Waals surface area contributed by atoms with Crippen molar-refractivity contribution < 1.29 is 33.6 Å². The molecule has 0 nitrogen and oxygen atoms in total. The molecule has 0 saturated heterocycles. The predicted molar refractivity (Wildman–Crippen MR) is 158 cm³/mol. The first kappa shape index (κ1) is 33.0. The van der Waals surface area contributed by atoms with E-state index in [1.807, 2.05) is 30.3 Å². The summed E-state index contributed by atoms with van der Waals surface area (Å²) < 4.78 is 0. The van der Waals surface area contributed by atoms with Crippen LogP contribution in [0.5, 0.6) is 0 Å². The van der Waals surface area contributed by atoms with E-state index in [4.69, 9.17) is 0 Å². The number of benzene rings is 2. The third-order valence-corrected chi connectivity index (χ3v) is 12.4. The van der Waals surface area contributed by atoms with Gasteiger partial charge in [-0.25, -0.2) is 24.3 Å². The van der Waals surface area contributed by atoms with Crippen molar-refractivity contribution in [1.29, 1.82) is 0 Å². The zero-order chi connectivity index (χ0) is 24.8. The largest absolute Gasteiger partial charge is 2.00 e. The average molecular weight is 601 g/mol. The molecule has 0 saturated carbocycles. The van der Waals surface area contributed by atoms with Crippen LogP contribution in [0.1, 0.15) is 59.7 Å². The Morgan fingerprint density at radius 3 is 1.47 bits per heavy atom. The second-order valence-corrected chi connectivity index (χ2v) is 17.1. The van der Waals surface area contributed by atoms with Crippen LogP contribution in [-0.4, -0.2) is 10.3 Å². The van der Waals surface area contributed by atoms with E-state index in [2.05, 4.69) is 127 Å². The Hall–Kier alpha value is -0.987. The molecule has 4 aromatic carbocycles. The van der Waals surface area contributed by atoms with Gasteiger partial charge in [0, 0.05) is 0 Å². The van der Waals surface area contributed by atoms with Gasteiger partial charge in [0.05, 0.1) is 0 Å². The summed E-state index contributed by atoms with van der Waals surface area (Å²) in [6, 6.07) is 39.2. The Labute approximate surface area is 243 Å². The molecule has 0 N–H and O–H groups in total. The molecule has 0 aromatic heterocycles. The third kappa shape index (κ3) is 8.80. The Balaban J connectivity index is 0.000000826. The Morgan fingerprint density at radius 1 is 0.667 bits per heavy atom. The fourth-order valence-electron chi connectivity index (χ4n) is 5.19. The van der Waals surface area contributed by atoms with E-state index >= 15 is 0 Å². The van der Waals surface area contributed by atoms with Crippen LogP contribution in [0.25, 0.3) is 0 Å². The minimum absolute atomic E-state index is 0. The molecule has 0 unspecified atom stereocenters. The molecule has 0 aliphatic heterocycles. The standard InChI is InChI=1S/C27H35P2.C5H5.Fe.Ni/c1-21(29(26(2,3)4)27(5,6)7)24-19-14-20-25(24)28(22-15-10-8-11-16-22)23-17-12-9-13-18-23;1-2-4-5-3-1;;/h8-21H,1-7H3;1-5H;;/q2*-1;2*+2/t21-;;;/m1.../s1. The van der Waals surface area contributed by atoms with E-state index in [9.17, 15) is 0 Å². The molecule has 0 amide bonds. The number of hydrogen-bond donors (Lipinski definition) is 0. The fourth-order valence-corrected chi connectivity index (χ4v) is 12.7. The normalized spacial score (nSPS) is 12.2. The van der Waals surface area contributed by atoms with E-state index in [0.717, 1.165) is 0 Å². The van der Waals surface area contributed by atoms with E-state index in [1.54, 1.807) is 5.56 Å². The maximum Gasteiger partial charge on any atom is 2.00 e. The van der Waals surface area contributed by atoms with E-state index in [-0.39, 0.29) is 41.5 Å². The molecule has 0 spiro atoms. The molecule has 0 radical (unpaired) electrons. The predicted octanol–water partition coefficient (Wildman–Crippen LogP) is 8.70. The van der Waals surface area contributed by atoms with Crippen molar-refractivity contribution >= 4 is 31.8 Å². The molecule has 4 rings (SSSR count). The summed E-state index contributed by atoms with van der Waals surface area (Å²) in [6.07, 6.45) is 0. The summed E-state index contributed by atoms with van der Waals surface area (Å²) >= 11 is 0. The summed E-state index contributed by atoms with van der Waals surface area (Å²) in [4.78, 5) is 0. The van der Waals surface area contributed by atoms with Crippen LogP contribution in [0.4, 0.5) is 0 Å². The quantitative estimate of drug-likeness (QED) is 0.122. The molecular weight excluding hydrogens is 561 g/mol. The molecule has 36 heavy (non-hydrogen) atoms. The van der Waals surface area contributed by atoms with Crippen molar-refractivity contribution in [2.24, 2.45) is 0 Å². The van der Waals surface area contributed by atoms with Gasteiger partial charge in [0.2, 0.25) is 0 Å². The van der Waals surface area contributed by atoms with E-state index < -0.39 is 7.92 Å². The van der Waals surface area contributed by atoms with Crippen molar-refractivity contribution in [2.75, 3.05) is 0 Å². The molecule has 0 heterocycles. The smallest absolute Gasteiger partial charge is 0.214 e. The molecule has 0 bridgehead atoms. The molecule has 194 valence electrons. The van der Waals surface area contributed by atoms with Crippen LogP contribution in [0.15, 0.2) is 109 Å². The molecule has 4 heteroatoms. The van der Waals surface area contributed by atoms with Crippen LogP contribution < -0.4 is 15.9 Å². The van der Waals surface area contributed by atoms with Crippen LogP contribution in [-0.2, 0) is 33.6 Å². The van der Waals surface area contributed by atoms with Gasteiger partial charge in [0.15, 0.2) is 0 Å². The van der Waals surface area contributed by atoms with Crippen molar-refractivity contribution in [3.05, 3.63) is 115 Å². The Morgan fingerprint density at radius 2 is 1.11 bits per heavy atom. The van der Waals surface area contributed by atoms with Crippen molar-refractivity contribution in [1.82, 2.24) is 0 Å². The number of rotatable bonds is 5. The van der Waals surface area contributed by atoms with Crippen LogP contribution in [0.3, 0.4) is 0 Å². The minimum Gasteiger partial charge on any atom is -0.214 e.